The Morgan fingerprint density at radius 1 is 1.20 bits per heavy atom. The molecule has 0 N–H and O–H groups in total. The number of allylic oxidation sites excluding steroid dienone is 1. The van der Waals surface area contributed by atoms with Gasteiger partial charge in [-0.3, -0.25) is 0 Å². The summed E-state index contributed by atoms with van der Waals surface area (Å²) in [6.07, 6.45) is 6.01. The lowest BCUT2D eigenvalue weighted by Gasteiger charge is -2.29. The Kier molecular flexibility index (Phi) is 5.69. The first-order chi connectivity index (χ1) is 12.2. The van der Waals surface area contributed by atoms with E-state index in [9.17, 15) is 0 Å². The molecule has 4 heteroatoms. The molecule has 128 valence electrons. The van der Waals surface area contributed by atoms with Gasteiger partial charge in [0.05, 0.1) is 18.5 Å². The number of hydrogen-bond acceptors (Lipinski definition) is 4. The third kappa shape index (κ3) is 4.84. The Morgan fingerprint density at radius 3 is 2.72 bits per heavy atom. The number of aryl methyl sites for hydroxylation is 1. The predicted octanol–water partition coefficient (Wildman–Crippen LogP) is 3.76. The van der Waals surface area contributed by atoms with Crippen LogP contribution in [0.5, 0.6) is 5.88 Å². The standard InChI is InChI=1S/C21H23N3O/c1-3-25-21-11-10-20(16-22-21)24-14-12-18(13-15-24)7-5-9-19-8-4-6-17(2)23-19/h4,6-8,10-11,16H,3,12-15H2,1-2H3. The molecule has 3 heterocycles. The highest BCUT2D eigenvalue weighted by Gasteiger charge is 2.14. The number of anilines is 1. The van der Waals surface area contributed by atoms with Crippen molar-refractivity contribution < 1.29 is 4.74 Å². The van der Waals surface area contributed by atoms with E-state index in [1.165, 1.54) is 5.57 Å². The maximum Gasteiger partial charge on any atom is 0.213 e. The van der Waals surface area contributed by atoms with Crippen LogP contribution in [0.1, 0.15) is 31.2 Å². The lowest BCUT2D eigenvalue weighted by atomic mass is 10.0. The van der Waals surface area contributed by atoms with Crippen LogP contribution in [-0.4, -0.2) is 29.7 Å². The van der Waals surface area contributed by atoms with Crippen molar-refractivity contribution in [2.24, 2.45) is 0 Å². The molecule has 25 heavy (non-hydrogen) atoms. The first-order valence-corrected chi connectivity index (χ1v) is 8.71. The number of aromatic nitrogens is 2. The summed E-state index contributed by atoms with van der Waals surface area (Å²) in [6, 6.07) is 9.93. The highest BCUT2D eigenvalue weighted by Crippen LogP contribution is 2.23. The third-order valence-electron chi connectivity index (χ3n) is 4.15. The minimum Gasteiger partial charge on any atom is -0.478 e. The third-order valence-corrected chi connectivity index (χ3v) is 4.15. The van der Waals surface area contributed by atoms with Crippen LogP contribution in [0.2, 0.25) is 0 Å². The Labute approximate surface area is 149 Å². The molecule has 1 aliphatic heterocycles. The van der Waals surface area contributed by atoms with E-state index in [0.29, 0.717) is 12.5 Å². The molecule has 0 spiro atoms. The molecule has 0 bridgehead atoms. The van der Waals surface area contributed by atoms with Crippen LogP contribution in [-0.2, 0) is 0 Å². The number of ether oxygens (including phenoxy) is 1. The van der Waals surface area contributed by atoms with Gasteiger partial charge in [0, 0.05) is 24.8 Å². The molecule has 1 fully saturated rings. The minimum absolute atomic E-state index is 0.642. The van der Waals surface area contributed by atoms with E-state index in [-0.39, 0.29) is 0 Å². The Balaban J connectivity index is 1.56. The minimum atomic E-state index is 0.642. The smallest absolute Gasteiger partial charge is 0.213 e. The summed E-state index contributed by atoms with van der Waals surface area (Å²) in [5.41, 5.74) is 4.37. The zero-order chi connectivity index (χ0) is 17.5. The molecule has 2 aromatic heterocycles. The fourth-order valence-corrected chi connectivity index (χ4v) is 2.81. The lowest BCUT2D eigenvalue weighted by molar-refractivity contribution is 0.327. The molecule has 0 unspecified atom stereocenters. The SMILES string of the molecule is CCOc1ccc(N2CCC(=CC#Cc3cccc(C)n3)CC2)cn1. The van der Waals surface area contributed by atoms with Crippen molar-refractivity contribution in [3.8, 4) is 17.7 Å². The van der Waals surface area contributed by atoms with Crippen molar-refractivity contribution in [1.82, 2.24) is 9.97 Å². The first-order valence-electron chi connectivity index (χ1n) is 8.71. The van der Waals surface area contributed by atoms with Crippen LogP contribution in [0.3, 0.4) is 0 Å². The second kappa shape index (κ2) is 8.34. The molecule has 0 amide bonds. The summed E-state index contributed by atoms with van der Waals surface area (Å²) < 4.78 is 5.39. The van der Waals surface area contributed by atoms with Gasteiger partial charge in [-0.1, -0.05) is 17.6 Å². The van der Waals surface area contributed by atoms with E-state index >= 15 is 0 Å². The Bertz CT molecular complexity index is 790. The van der Waals surface area contributed by atoms with Crippen LogP contribution in [0, 0.1) is 18.8 Å². The normalized spacial score (nSPS) is 13.8. The number of piperidine rings is 1. The van der Waals surface area contributed by atoms with Crippen LogP contribution in [0.25, 0.3) is 0 Å². The summed E-state index contributed by atoms with van der Waals surface area (Å²) in [7, 11) is 0. The molecule has 2 aromatic rings. The van der Waals surface area contributed by atoms with E-state index in [0.717, 1.165) is 43.0 Å². The van der Waals surface area contributed by atoms with Crippen molar-refractivity contribution in [2.75, 3.05) is 24.6 Å². The highest BCUT2D eigenvalue weighted by atomic mass is 16.5. The van der Waals surface area contributed by atoms with Crippen LogP contribution in [0.4, 0.5) is 5.69 Å². The van der Waals surface area contributed by atoms with Gasteiger partial charge in [0.15, 0.2) is 0 Å². The summed E-state index contributed by atoms with van der Waals surface area (Å²) in [4.78, 5) is 11.1. The number of nitrogens with zero attached hydrogens (tertiary/aromatic N) is 3. The van der Waals surface area contributed by atoms with E-state index in [1.807, 2.05) is 44.3 Å². The maximum atomic E-state index is 5.39. The zero-order valence-corrected chi connectivity index (χ0v) is 14.8. The molecule has 0 aromatic carbocycles. The second-order valence-electron chi connectivity index (χ2n) is 6.01. The second-order valence-corrected chi connectivity index (χ2v) is 6.01. The summed E-state index contributed by atoms with van der Waals surface area (Å²) in [5, 5.41) is 0. The van der Waals surface area contributed by atoms with Gasteiger partial charge in [-0.25, -0.2) is 9.97 Å². The van der Waals surface area contributed by atoms with E-state index in [4.69, 9.17) is 4.74 Å². The fraction of sp³-hybridized carbons (Fsp3) is 0.333. The Morgan fingerprint density at radius 2 is 2.04 bits per heavy atom. The molecule has 4 nitrogen and oxygen atoms in total. The molecule has 1 saturated heterocycles. The quantitative estimate of drug-likeness (QED) is 0.802. The topological polar surface area (TPSA) is 38.2 Å². The first kappa shape index (κ1) is 17.0. The fourth-order valence-electron chi connectivity index (χ4n) is 2.81. The van der Waals surface area contributed by atoms with Gasteiger partial charge in [-0.05, 0) is 56.9 Å². The number of pyridine rings is 2. The number of rotatable bonds is 3. The predicted molar refractivity (Wildman–Crippen MR) is 101 cm³/mol. The van der Waals surface area contributed by atoms with Gasteiger partial charge in [0.25, 0.3) is 0 Å². The van der Waals surface area contributed by atoms with Gasteiger partial charge in [-0.2, -0.15) is 0 Å². The average molecular weight is 333 g/mol. The van der Waals surface area contributed by atoms with Crippen molar-refractivity contribution >= 4 is 5.69 Å². The van der Waals surface area contributed by atoms with Crippen LogP contribution < -0.4 is 9.64 Å². The van der Waals surface area contributed by atoms with Gasteiger partial charge < -0.3 is 9.64 Å². The molecule has 3 rings (SSSR count). The molecule has 0 atom stereocenters. The molecular weight excluding hydrogens is 310 g/mol. The summed E-state index contributed by atoms with van der Waals surface area (Å²) in [6.45, 7) is 6.57. The zero-order valence-electron chi connectivity index (χ0n) is 14.8. The average Bonchev–Trinajstić information content (AvgIpc) is 2.63. The van der Waals surface area contributed by atoms with Crippen molar-refractivity contribution in [3.05, 3.63) is 59.6 Å². The van der Waals surface area contributed by atoms with Gasteiger partial charge in [-0.15, -0.1) is 0 Å². The van der Waals surface area contributed by atoms with Crippen LogP contribution in [0.15, 0.2) is 48.2 Å². The molecular formula is C21H23N3O. The molecule has 0 radical (unpaired) electrons. The summed E-state index contributed by atoms with van der Waals surface area (Å²) in [5.74, 6) is 6.96. The van der Waals surface area contributed by atoms with Crippen molar-refractivity contribution in [2.45, 2.75) is 26.7 Å². The van der Waals surface area contributed by atoms with Gasteiger partial charge in [0.2, 0.25) is 5.88 Å². The summed E-state index contributed by atoms with van der Waals surface area (Å²) >= 11 is 0. The lowest BCUT2D eigenvalue weighted by Crippen LogP contribution is -2.30. The maximum absolute atomic E-state index is 5.39. The van der Waals surface area contributed by atoms with Crippen molar-refractivity contribution in [3.63, 3.8) is 0 Å². The van der Waals surface area contributed by atoms with E-state index < -0.39 is 0 Å². The van der Waals surface area contributed by atoms with E-state index in [2.05, 4.69) is 38.9 Å². The van der Waals surface area contributed by atoms with E-state index in [1.54, 1.807) is 0 Å². The van der Waals surface area contributed by atoms with Gasteiger partial charge in [0.1, 0.15) is 5.69 Å². The Hall–Kier alpha value is -2.80. The van der Waals surface area contributed by atoms with Gasteiger partial charge >= 0.3 is 0 Å². The number of hydrogen-bond donors (Lipinski definition) is 0. The molecule has 0 saturated carbocycles. The largest absolute Gasteiger partial charge is 0.478 e. The van der Waals surface area contributed by atoms with Crippen LogP contribution >= 0.6 is 0 Å². The highest BCUT2D eigenvalue weighted by molar-refractivity contribution is 5.47. The monoisotopic (exact) mass is 333 g/mol. The van der Waals surface area contributed by atoms with Crippen molar-refractivity contribution in [1.29, 1.82) is 0 Å². The molecule has 0 aliphatic carbocycles. The molecule has 1 aliphatic rings.